The summed E-state index contributed by atoms with van der Waals surface area (Å²) in [6, 6.07) is 6.43. The SMILES string of the molecule is COc1c(C)cc(CNCCCC#N)cc1C. The van der Waals surface area contributed by atoms with Gasteiger partial charge in [0.05, 0.1) is 13.2 Å². The molecule has 1 aromatic carbocycles. The van der Waals surface area contributed by atoms with Crippen molar-refractivity contribution in [1.82, 2.24) is 5.32 Å². The molecule has 1 rings (SSSR count). The lowest BCUT2D eigenvalue weighted by molar-refractivity contribution is 0.408. The van der Waals surface area contributed by atoms with Gasteiger partial charge in [0.15, 0.2) is 0 Å². The fourth-order valence-corrected chi connectivity index (χ4v) is 1.99. The Hall–Kier alpha value is -1.53. The van der Waals surface area contributed by atoms with E-state index in [0.717, 1.165) is 25.3 Å². The predicted octanol–water partition coefficient (Wildman–Crippen LogP) is 2.71. The Morgan fingerprint density at radius 2 is 1.94 bits per heavy atom. The number of unbranched alkanes of at least 4 members (excludes halogenated alkanes) is 1. The molecule has 1 aromatic rings. The van der Waals surface area contributed by atoms with Crippen molar-refractivity contribution in [3.05, 3.63) is 28.8 Å². The van der Waals surface area contributed by atoms with Gasteiger partial charge in [-0.05, 0) is 43.5 Å². The molecule has 0 fully saturated rings. The summed E-state index contributed by atoms with van der Waals surface area (Å²) in [5, 5.41) is 11.8. The molecule has 0 aromatic heterocycles. The molecule has 1 N–H and O–H groups in total. The van der Waals surface area contributed by atoms with Gasteiger partial charge >= 0.3 is 0 Å². The molecule has 0 radical (unpaired) electrons. The summed E-state index contributed by atoms with van der Waals surface area (Å²) >= 11 is 0. The summed E-state index contributed by atoms with van der Waals surface area (Å²) in [5.41, 5.74) is 3.60. The van der Waals surface area contributed by atoms with Gasteiger partial charge in [0.25, 0.3) is 0 Å². The van der Waals surface area contributed by atoms with Gasteiger partial charge in [0, 0.05) is 13.0 Å². The highest BCUT2D eigenvalue weighted by atomic mass is 16.5. The first kappa shape index (κ1) is 13.5. The minimum Gasteiger partial charge on any atom is -0.496 e. The average molecular weight is 232 g/mol. The van der Waals surface area contributed by atoms with Gasteiger partial charge in [-0.2, -0.15) is 5.26 Å². The molecule has 3 nitrogen and oxygen atoms in total. The first-order valence-electron chi connectivity index (χ1n) is 5.90. The van der Waals surface area contributed by atoms with Crippen LogP contribution in [-0.2, 0) is 6.54 Å². The second-order valence-electron chi connectivity index (χ2n) is 4.20. The minimum absolute atomic E-state index is 0.619. The Bertz CT molecular complexity index is 384. The van der Waals surface area contributed by atoms with E-state index in [1.165, 1.54) is 16.7 Å². The number of hydrogen-bond donors (Lipinski definition) is 1. The summed E-state index contributed by atoms with van der Waals surface area (Å²) in [6.45, 7) is 5.85. The normalized spacial score (nSPS) is 10.0. The number of hydrogen-bond acceptors (Lipinski definition) is 3. The number of nitriles is 1. The third-order valence-corrected chi connectivity index (χ3v) is 2.70. The van der Waals surface area contributed by atoms with Crippen LogP contribution < -0.4 is 10.1 Å². The van der Waals surface area contributed by atoms with E-state index in [9.17, 15) is 0 Å². The predicted molar refractivity (Wildman–Crippen MR) is 69.0 cm³/mol. The highest BCUT2D eigenvalue weighted by Crippen LogP contribution is 2.24. The van der Waals surface area contributed by atoms with Gasteiger partial charge in [-0.1, -0.05) is 12.1 Å². The van der Waals surface area contributed by atoms with E-state index in [1.54, 1.807) is 7.11 Å². The van der Waals surface area contributed by atoms with Crippen LogP contribution in [0.15, 0.2) is 12.1 Å². The number of nitrogens with one attached hydrogen (secondary N) is 1. The number of methoxy groups -OCH3 is 1. The summed E-state index contributed by atoms with van der Waals surface area (Å²) in [5.74, 6) is 0.971. The number of benzene rings is 1. The van der Waals surface area contributed by atoms with Gasteiger partial charge in [0.2, 0.25) is 0 Å². The fourth-order valence-electron chi connectivity index (χ4n) is 1.99. The zero-order valence-corrected chi connectivity index (χ0v) is 10.8. The standard InChI is InChI=1S/C14H20N2O/c1-11-8-13(9-12(2)14(11)17-3)10-16-7-5-4-6-15/h8-9,16H,4-5,7,10H2,1-3H3. The topological polar surface area (TPSA) is 45.0 Å². The molecule has 0 amide bonds. The van der Waals surface area contributed by atoms with Crippen LogP contribution in [0, 0.1) is 25.2 Å². The second kappa shape index (κ2) is 6.93. The second-order valence-corrected chi connectivity index (χ2v) is 4.20. The first-order chi connectivity index (χ1) is 8.19. The van der Waals surface area contributed by atoms with Crippen LogP contribution in [0.2, 0.25) is 0 Å². The quantitative estimate of drug-likeness (QED) is 0.767. The highest BCUT2D eigenvalue weighted by molar-refractivity contribution is 5.43. The van der Waals surface area contributed by atoms with Gasteiger partial charge in [-0.25, -0.2) is 0 Å². The van der Waals surface area contributed by atoms with Crippen LogP contribution in [0.4, 0.5) is 0 Å². The van der Waals surface area contributed by atoms with E-state index in [-0.39, 0.29) is 0 Å². The van der Waals surface area contributed by atoms with Crippen LogP contribution in [0.3, 0.4) is 0 Å². The van der Waals surface area contributed by atoms with Crippen molar-refractivity contribution in [3.8, 4) is 11.8 Å². The zero-order chi connectivity index (χ0) is 12.7. The molecule has 3 heteroatoms. The monoisotopic (exact) mass is 232 g/mol. The molecule has 0 aliphatic heterocycles. The lowest BCUT2D eigenvalue weighted by Crippen LogP contribution is -2.14. The maximum atomic E-state index is 8.42. The summed E-state index contributed by atoms with van der Waals surface area (Å²) in [4.78, 5) is 0. The molecule has 0 aliphatic rings. The van der Waals surface area contributed by atoms with Crippen LogP contribution in [0.1, 0.15) is 29.5 Å². The number of aryl methyl sites for hydroxylation is 2. The van der Waals surface area contributed by atoms with Crippen molar-refractivity contribution in [2.45, 2.75) is 33.2 Å². The van der Waals surface area contributed by atoms with Crippen molar-refractivity contribution in [3.63, 3.8) is 0 Å². The Morgan fingerprint density at radius 1 is 1.29 bits per heavy atom. The molecule has 0 saturated carbocycles. The first-order valence-corrected chi connectivity index (χ1v) is 5.90. The molecular weight excluding hydrogens is 212 g/mol. The van der Waals surface area contributed by atoms with E-state index in [4.69, 9.17) is 10.00 Å². The Kier molecular flexibility index (Phi) is 5.51. The molecule has 0 atom stereocenters. The lowest BCUT2D eigenvalue weighted by Gasteiger charge is -2.11. The van der Waals surface area contributed by atoms with Crippen LogP contribution in [0.25, 0.3) is 0 Å². The molecule has 0 aliphatic carbocycles. The van der Waals surface area contributed by atoms with E-state index in [2.05, 4.69) is 37.4 Å². The van der Waals surface area contributed by atoms with Crippen molar-refractivity contribution in [2.75, 3.05) is 13.7 Å². The van der Waals surface area contributed by atoms with Crippen molar-refractivity contribution in [2.24, 2.45) is 0 Å². The van der Waals surface area contributed by atoms with E-state index < -0.39 is 0 Å². The van der Waals surface area contributed by atoms with Gasteiger partial charge in [0.1, 0.15) is 5.75 Å². The Balaban J connectivity index is 2.53. The van der Waals surface area contributed by atoms with Crippen LogP contribution >= 0.6 is 0 Å². The molecule has 0 unspecified atom stereocenters. The molecule has 0 saturated heterocycles. The average Bonchev–Trinajstić information content (AvgIpc) is 2.28. The molecule has 0 spiro atoms. The molecule has 0 heterocycles. The highest BCUT2D eigenvalue weighted by Gasteiger charge is 2.04. The van der Waals surface area contributed by atoms with Crippen LogP contribution in [-0.4, -0.2) is 13.7 Å². The van der Waals surface area contributed by atoms with E-state index >= 15 is 0 Å². The number of ether oxygens (including phenoxy) is 1. The van der Waals surface area contributed by atoms with Crippen molar-refractivity contribution >= 4 is 0 Å². The maximum absolute atomic E-state index is 8.42. The number of nitrogens with zero attached hydrogens (tertiary/aromatic N) is 1. The summed E-state index contributed by atoms with van der Waals surface area (Å²) < 4.78 is 5.33. The lowest BCUT2D eigenvalue weighted by atomic mass is 10.1. The summed E-state index contributed by atoms with van der Waals surface area (Å²) in [6.07, 6.45) is 1.53. The molecule has 0 bridgehead atoms. The van der Waals surface area contributed by atoms with Gasteiger partial charge in [-0.15, -0.1) is 0 Å². The third kappa shape index (κ3) is 4.08. The third-order valence-electron chi connectivity index (χ3n) is 2.70. The Labute approximate surface area is 103 Å². The zero-order valence-electron chi connectivity index (χ0n) is 10.8. The molecular formula is C14H20N2O. The molecule has 92 valence electrons. The van der Waals surface area contributed by atoms with Crippen molar-refractivity contribution < 1.29 is 4.74 Å². The minimum atomic E-state index is 0.619. The van der Waals surface area contributed by atoms with E-state index in [1.807, 2.05) is 0 Å². The maximum Gasteiger partial charge on any atom is 0.124 e. The fraction of sp³-hybridized carbons (Fsp3) is 0.500. The largest absolute Gasteiger partial charge is 0.496 e. The van der Waals surface area contributed by atoms with Crippen molar-refractivity contribution in [1.29, 1.82) is 5.26 Å². The smallest absolute Gasteiger partial charge is 0.124 e. The summed E-state index contributed by atoms with van der Waals surface area (Å²) in [7, 11) is 1.70. The van der Waals surface area contributed by atoms with E-state index in [0.29, 0.717) is 6.42 Å². The van der Waals surface area contributed by atoms with Gasteiger partial charge in [-0.3, -0.25) is 0 Å². The molecule has 17 heavy (non-hydrogen) atoms. The van der Waals surface area contributed by atoms with Crippen LogP contribution in [0.5, 0.6) is 5.75 Å². The van der Waals surface area contributed by atoms with Gasteiger partial charge < -0.3 is 10.1 Å². The Morgan fingerprint density at radius 3 is 2.47 bits per heavy atom. The number of rotatable bonds is 6.